The van der Waals surface area contributed by atoms with Crippen LogP contribution in [0.15, 0.2) is 53.9 Å². The second-order valence-corrected chi connectivity index (χ2v) is 11.3. The van der Waals surface area contributed by atoms with Gasteiger partial charge in [0.15, 0.2) is 0 Å². The fourth-order valence-electron chi connectivity index (χ4n) is 5.70. The molecule has 2 aromatic heterocycles. The minimum absolute atomic E-state index is 0.0726. The molecule has 4 heterocycles. The van der Waals surface area contributed by atoms with Gasteiger partial charge < -0.3 is 4.90 Å². The predicted octanol–water partition coefficient (Wildman–Crippen LogP) is 4.10. The molecule has 0 spiro atoms. The third kappa shape index (κ3) is 4.29. The molecule has 1 N–H and O–H groups in total. The minimum atomic E-state index is -0.282. The van der Waals surface area contributed by atoms with Gasteiger partial charge in [-0.15, -0.1) is 11.3 Å². The third-order valence-electron chi connectivity index (χ3n) is 7.88. The second kappa shape index (κ2) is 9.62. The van der Waals surface area contributed by atoms with Crippen molar-refractivity contribution in [2.24, 2.45) is 0 Å². The Morgan fingerprint density at radius 1 is 0.974 bits per heavy atom. The van der Waals surface area contributed by atoms with Gasteiger partial charge in [-0.1, -0.05) is 42.2 Å². The van der Waals surface area contributed by atoms with Gasteiger partial charge in [0.1, 0.15) is 0 Å². The summed E-state index contributed by atoms with van der Waals surface area (Å²) < 4.78 is 0. The van der Waals surface area contributed by atoms with Crippen LogP contribution in [0, 0.1) is 11.8 Å². The lowest BCUT2D eigenvalue weighted by molar-refractivity contribution is 0.0675. The molecule has 7 rings (SSSR count). The molecule has 0 radical (unpaired) electrons. The summed E-state index contributed by atoms with van der Waals surface area (Å²) in [6.07, 6.45) is 0.865. The Kier molecular flexibility index (Phi) is 5.93. The standard InChI is InChI=1S/C31H27N5O2S/c1-34-11-13-35(14-12-34)18-20-8-9-24-21(15-20)17-27-28(32-33-29(24)27)22-16-23(39-19-22)5-4-10-36-30(37)25-6-2-3-7-26(25)31(36)38/h2-3,6-9,15-16,19H,10-14,17-18H2,1H3,(H,32,33). The number of nitrogens with zero attached hydrogens (tertiary/aromatic N) is 4. The van der Waals surface area contributed by atoms with Crippen LogP contribution < -0.4 is 0 Å². The molecule has 1 saturated heterocycles. The number of aromatic nitrogens is 2. The average molecular weight is 534 g/mol. The molecule has 0 atom stereocenters. The number of likely N-dealkylation sites (N-methyl/N-ethyl adjacent to an activating group) is 1. The fourth-order valence-corrected chi connectivity index (χ4v) is 6.46. The summed E-state index contributed by atoms with van der Waals surface area (Å²) in [4.78, 5) is 32.1. The van der Waals surface area contributed by atoms with Gasteiger partial charge in [0.05, 0.1) is 33.9 Å². The van der Waals surface area contributed by atoms with Crippen LogP contribution >= 0.6 is 11.3 Å². The van der Waals surface area contributed by atoms with Crippen molar-refractivity contribution in [3.05, 3.63) is 86.6 Å². The summed E-state index contributed by atoms with van der Waals surface area (Å²) in [5.41, 5.74) is 9.18. The Hall–Kier alpha value is -4.03. The third-order valence-corrected chi connectivity index (χ3v) is 8.72. The van der Waals surface area contributed by atoms with Crippen LogP contribution in [0.25, 0.3) is 22.5 Å². The lowest BCUT2D eigenvalue weighted by atomic mass is 10.0. The summed E-state index contributed by atoms with van der Waals surface area (Å²) >= 11 is 1.55. The zero-order chi connectivity index (χ0) is 26.5. The molecule has 4 aromatic rings. The highest BCUT2D eigenvalue weighted by Gasteiger charge is 2.34. The number of hydrogen-bond acceptors (Lipinski definition) is 6. The highest BCUT2D eigenvalue weighted by molar-refractivity contribution is 7.11. The monoisotopic (exact) mass is 533 g/mol. The van der Waals surface area contributed by atoms with Gasteiger partial charge in [-0.25, -0.2) is 0 Å². The van der Waals surface area contributed by atoms with Crippen molar-refractivity contribution in [2.75, 3.05) is 39.8 Å². The summed E-state index contributed by atoms with van der Waals surface area (Å²) in [5, 5.41) is 10.0. The molecule has 0 bridgehead atoms. The molecule has 39 heavy (non-hydrogen) atoms. The Bertz CT molecular complexity index is 1650. The van der Waals surface area contributed by atoms with Crippen LogP contribution in [0.5, 0.6) is 0 Å². The number of aromatic amines is 1. The second-order valence-electron chi connectivity index (χ2n) is 10.4. The molecule has 1 fully saturated rings. The normalized spacial score (nSPS) is 16.7. The molecule has 2 amide bonds. The Balaban J connectivity index is 1.04. The van der Waals surface area contributed by atoms with Crippen LogP contribution in [-0.2, 0) is 13.0 Å². The lowest BCUT2D eigenvalue weighted by Crippen LogP contribution is -2.43. The molecular weight excluding hydrogens is 506 g/mol. The van der Waals surface area contributed by atoms with Crippen molar-refractivity contribution in [1.82, 2.24) is 24.9 Å². The van der Waals surface area contributed by atoms with E-state index in [9.17, 15) is 9.59 Å². The highest BCUT2D eigenvalue weighted by Crippen LogP contribution is 2.41. The summed E-state index contributed by atoms with van der Waals surface area (Å²) in [6, 6.07) is 15.8. The van der Waals surface area contributed by atoms with Crippen molar-refractivity contribution in [3.63, 3.8) is 0 Å². The number of rotatable bonds is 4. The van der Waals surface area contributed by atoms with E-state index in [-0.39, 0.29) is 18.4 Å². The van der Waals surface area contributed by atoms with Crippen LogP contribution in [-0.4, -0.2) is 76.5 Å². The van der Waals surface area contributed by atoms with Gasteiger partial charge in [-0.2, -0.15) is 5.10 Å². The van der Waals surface area contributed by atoms with Gasteiger partial charge in [0.25, 0.3) is 11.8 Å². The summed E-state index contributed by atoms with van der Waals surface area (Å²) in [6.45, 7) is 5.54. The first-order chi connectivity index (χ1) is 19.0. The van der Waals surface area contributed by atoms with E-state index in [0.29, 0.717) is 11.1 Å². The average Bonchev–Trinajstić information content (AvgIpc) is 3.71. The van der Waals surface area contributed by atoms with Crippen molar-refractivity contribution < 1.29 is 9.59 Å². The zero-order valence-corrected chi connectivity index (χ0v) is 22.5. The van der Waals surface area contributed by atoms with E-state index in [1.807, 2.05) is 6.07 Å². The van der Waals surface area contributed by atoms with Crippen LogP contribution in [0.3, 0.4) is 0 Å². The van der Waals surface area contributed by atoms with Crippen molar-refractivity contribution in [2.45, 2.75) is 13.0 Å². The molecule has 1 aliphatic carbocycles. The van der Waals surface area contributed by atoms with Crippen molar-refractivity contribution in [3.8, 4) is 34.4 Å². The van der Waals surface area contributed by atoms with Gasteiger partial charge in [0, 0.05) is 61.2 Å². The van der Waals surface area contributed by atoms with Crippen LogP contribution in [0.1, 0.15) is 42.3 Å². The number of hydrogen-bond donors (Lipinski definition) is 1. The molecule has 3 aliphatic rings. The first kappa shape index (κ1) is 24.0. The zero-order valence-electron chi connectivity index (χ0n) is 21.7. The van der Waals surface area contributed by atoms with Crippen molar-refractivity contribution in [1.29, 1.82) is 0 Å². The summed E-state index contributed by atoms with van der Waals surface area (Å²) in [7, 11) is 2.19. The number of amides is 2. The lowest BCUT2D eigenvalue weighted by Gasteiger charge is -2.32. The topological polar surface area (TPSA) is 72.5 Å². The Labute approximate surface area is 231 Å². The Morgan fingerprint density at radius 2 is 1.74 bits per heavy atom. The van der Waals surface area contributed by atoms with Gasteiger partial charge >= 0.3 is 0 Å². The number of nitrogens with one attached hydrogen (secondary N) is 1. The van der Waals surface area contributed by atoms with E-state index in [0.717, 1.165) is 61.0 Å². The first-order valence-electron chi connectivity index (χ1n) is 13.2. The van der Waals surface area contributed by atoms with E-state index in [4.69, 9.17) is 0 Å². The fraction of sp³-hybridized carbons (Fsp3) is 0.258. The largest absolute Gasteiger partial charge is 0.304 e. The van der Waals surface area contributed by atoms with E-state index in [2.05, 4.69) is 62.5 Å². The number of thiophene rings is 1. The smallest absolute Gasteiger partial charge is 0.262 e. The van der Waals surface area contributed by atoms with Crippen LogP contribution in [0.2, 0.25) is 0 Å². The molecule has 2 aliphatic heterocycles. The molecule has 194 valence electrons. The predicted molar refractivity (Wildman–Crippen MR) is 152 cm³/mol. The number of piperazine rings is 1. The SMILES string of the molecule is CN1CCN(Cc2ccc3c(c2)Cc2c(-c4csc(C#CCN5C(=O)c6ccccc6C5=O)c4)n[nH]c2-3)CC1. The molecule has 0 saturated carbocycles. The maximum absolute atomic E-state index is 12.6. The van der Waals surface area contributed by atoms with E-state index >= 15 is 0 Å². The van der Waals surface area contributed by atoms with Gasteiger partial charge in [-0.05, 0) is 36.4 Å². The first-order valence-corrected chi connectivity index (χ1v) is 14.1. The Morgan fingerprint density at radius 3 is 2.51 bits per heavy atom. The molecule has 0 unspecified atom stereocenters. The number of H-pyrrole nitrogens is 1. The maximum atomic E-state index is 12.6. The molecule has 2 aromatic carbocycles. The number of fused-ring (bicyclic) bond motifs is 4. The quantitative estimate of drug-likeness (QED) is 0.278. The molecule has 7 nitrogen and oxygen atoms in total. The number of benzene rings is 2. The maximum Gasteiger partial charge on any atom is 0.262 e. The van der Waals surface area contributed by atoms with Gasteiger partial charge in [-0.3, -0.25) is 24.5 Å². The minimum Gasteiger partial charge on any atom is -0.304 e. The summed E-state index contributed by atoms with van der Waals surface area (Å²) in [5.74, 6) is 5.58. The number of carbonyl (C=O) groups is 2. The molecule has 8 heteroatoms. The van der Waals surface area contributed by atoms with Crippen LogP contribution in [0.4, 0.5) is 0 Å². The van der Waals surface area contributed by atoms with E-state index in [1.165, 1.54) is 27.2 Å². The van der Waals surface area contributed by atoms with E-state index < -0.39 is 0 Å². The highest BCUT2D eigenvalue weighted by atomic mass is 32.1. The van der Waals surface area contributed by atoms with Crippen molar-refractivity contribution >= 4 is 23.2 Å². The number of carbonyl (C=O) groups excluding carboxylic acids is 2. The van der Waals surface area contributed by atoms with Gasteiger partial charge in [0.2, 0.25) is 0 Å². The van der Waals surface area contributed by atoms with E-state index in [1.54, 1.807) is 35.6 Å². The number of imide groups is 1. The molecular formula is C31H27N5O2S.